The van der Waals surface area contributed by atoms with Gasteiger partial charge >= 0.3 is 0 Å². The molecule has 6 nitrogen and oxygen atoms in total. The molecule has 1 aliphatic heterocycles. The summed E-state index contributed by atoms with van der Waals surface area (Å²) in [6, 6.07) is 14.0. The molecule has 0 aliphatic carbocycles. The zero-order valence-electron chi connectivity index (χ0n) is 14.7. The van der Waals surface area contributed by atoms with E-state index in [1.165, 1.54) is 0 Å². The molecule has 0 bridgehead atoms. The second-order valence-electron chi connectivity index (χ2n) is 6.15. The molecule has 1 fully saturated rings. The van der Waals surface area contributed by atoms with E-state index in [9.17, 15) is 9.59 Å². The molecule has 1 heterocycles. The lowest BCUT2D eigenvalue weighted by atomic mass is 10.1. The molecule has 26 heavy (non-hydrogen) atoms. The first-order valence-corrected chi connectivity index (χ1v) is 8.61. The van der Waals surface area contributed by atoms with Gasteiger partial charge in [0.1, 0.15) is 5.75 Å². The van der Waals surface area contributed by atoms with Gasteiger partial charge in [-0.05, 0) is 55.3 Å². The van der Waals surface area contributed by atoms with Crippen LogP contribution in [0.25, 0.3) is 0 Å². The fraction of sp³-hybridized carbons (Fsp3) is 0.300. The van der Waals surface area contributed by atoms with Crippen molar-refractivity contribution in [3.05, 3.63) is 54.1 Å². The van der Waals surface area contributed by atoms with E-state index in [4.69, 9.17) is 9.47 Å². The molecule has 2 aromatic carbocycles. The number of nitrogens with one attached hydrogen (secondary N) is 2. The Morgan fingerprint density at radius 1 is 1.12 bits per heavy atom. The molecule has 2 aromatic rings. The first kappa shape index (κ1) is 17.9. The fourth-order valence-corrected chi connectivity index (χ4v) is 2.84. The molecule has 1 unspecified atom stereocenters. The van der Waals surface area contributed by atoms with Gasteiger partial charge in [-0.15, -0.1) is 0 Å². The molecule has 0 saturated carbocycles. The third-order valence-corrected chi connectivity index (χ3v) is 4.19. The van der Waals surface area contributed by atoms with Crippen molar-refractivity contribution < 1.29 is 19.1 Å². The van der Waals surface area contributed by atoms with Crippen molar-refractivity contribution in [1.29, 1.82) is 0 Å². The smallest absolute Gasteiger partial charge is 0.255 e. The molecule has 1 saturated heterocycles. The summed E-state index contributed by atoms with van der Waals surface area (Å²) >= 11 is 0. The number of ether oxygens (including phenoxy) is 2. The average Bonchev–Trinajstić information content (AvgIpc) is 3.15. The zero-order chi connectivity index (χ0) is 18.4. The Labute approximate surface area is 152 Å². The largest absolute Gasteiger partial charge is 0.497 e. The third-order valence-electron chi connectivity index (χ3n) is 4.19. The SMILES string of the molecule is COc1ccc(NC(=O)c2cccc(NC(=O)CC3CCCO3)c2)cc1. The van der Waals surface area contributed by atoms with Crippen LogP contribution < -0.4 is 15.4 Å². The maximum absolute atomic E-state index is 12.4. The van der Waals surface area contributed by atoms with E-state index in [-0.39, 0.29) is 17.9 Å². The minimum Gasteiger partial charge on any atom is -0.497 e. The van der Waals surface area contributed by atoms with Crippen LogP contribution in [0.1, 0.15) is 29.6 Å². The highest BCUT2D eigenvalue weighted by molar-refractivity contribution is 6.05. The van der Waals surface area contributed by atoms with Crippen molar-refractivity contribution in [2.24, 2.45) is 0 Å². The molecule has 0 radical (unpaired) electrons. The highest BCUT2D eigenvalue weighted by Crippen LogP contribution is 2.19. The summed E-state index contributed by atoms with van der Waals surface area (Å²) < 4.78 is 10.6. The molecule has 3 rings (SSSR count). The van der Waals surface area contributed by atoms with Gasteiger partial charge in [-0.2, -0.15) is 0 Å². The number of hydrogen-bond acceptors (Lipinski definition) is 4. The number of hydrogen-bond donors (Lipinski definition) is 2. The fourth-order valence-electron chi connectivity index (χ4n) is 2.84. The van der Waals surface area contributed by atoms with Gasteiger partial charge in [0.2, 0.25) is 5.91 Å². The molecule has 1 aliphatic rings. The summed E-state index contributed by atoms with van der Waals surface area (Å²) in [6.45, 7) is 0.721. The number of rotatable bonds is 6. The maximum atomic E-state index is 12.4. The van der Waals surface area contributed by atoms with Gasteiger partial charge in [-0.25, -0.2) is 0 Å². The van der Waals surface area contributed by atoms with Crippen LogP contribution in [0.4, 0.5) is 11.4 Å². The van der Waals surface area contributed by atoms with Crippen LogP contribution in [0.15, 0.2) is 48.5 Å². The van der Waals surface area contributed by atoms with Crippen LogP contribution in [-0.2, 0) is 9.53 Å². The second-order valence-corrected chi connectivity index (χ2v) is 6.15. The van der Waals surface area contributed by atoms with E-state index in [0.29, 0.717) is 23.4 Å². The van der Waals surface area contributed by atoms with Gasteiger partial charge < -0.3 is 20.1 Å². The van der Waals surface area contributed by atoms with Crippen LogP contribution in [0.3, 0.4) is 0 Å². The Morgan fingerprint density at radius 2 is 1.92 bits per heavy atom. The molecular weight excluding hydrogens is 332 g/mol. The Bertz CT molecular complexity index is 768. The molecular formula is C20H22N2O4. The van der Waals surface area contributed by atoms with Crippen LogP contribution in [0.5, 0.6) is 5.75 Å². The molecule has 0 aromatic heterocycles. The molecule has 6 heteroatoms. The summed E-state index contributed by atoms with van der Waals surface area (Å²) in [5, 5.41) is 5.65. The van der Waals surface area contributed by atoms with Crippen molar-refractivity contribution in [2.75, 3.05) is 24.4 Å². The number of methoxy groups -OCH3 is 1. The number of carbonyl (C=O) groups excluding carboxylic acids is 2. The number of benzene rings is 2. The van der Waals surface area contributed by atoms with Crippen molar-refractivity contribution in [2.45, 2.75) is 25.4 Å². The number of carbonyl (C=O) groups is 2. The molecule has 2 amide bonds. The minimum atomic E-state index is -0.245. The Hall–Kier alpha value is -2.86. The van der Waals surface area contributed by atoms with E-state index < -0.39 is 0 Å². The Kier molecular flexibility index (Phi) is 5.86. The third kappa shape index (κ3) is 4.83. The lowest BCUT2D eigenvalue weighted by Gasteiger charge is -2.11. The van der Waals surface area contributed by atoms with Crippen LogP contribution >= 0.6 is 0 Å². The van der Waals surface area contributed by atoms with E-state index in [1.54, 1.807) is 55.6 Å². The van der Waals surface area contributed by atoms with E-state index in [1.807, 2.05) is 0 Å². The summed E-state index contributed by atoms with van der Waals surface area (Å²) in [5.41, 5.74) is 1.73. The standard InChI is InChI=1S/C20H22N2O4/c1-25-17-9-7-15(8-10-17)22-20(24)14-4-2-5-16(12-14)21-19(23)13-18-6-3-11-26-18/h2,4-5,7-10,12,18H,3,6,11,13H2,1H3,(H,21,23)(H,22,24). The summed E-state index contributed by atoms with van der Waals surface area (Å²) in [7, 11) is 1.59. The second kappa shape index (κ2) is 8.49. The molecule has 2 N–H and O–H groups in total. The van der Waals surface area contributed by atoms with Gasteiger partial charge in [-0.1, -0.05) is 6.07 Å². The van der Waals surface area contributed by atoms with E-state index in [0.717, 1.165) is 25.2 Å². The average molecular weight is 354 g/mol. The maximum Gasteiger partial charge on any atom is 0.255 e. The first-order chi connectivity index (χ1) is 12.6. The monoisotopic (exact) mass is 354 g/mol. The Morgan fingerprint density at radius 3 is 2.62 bits per heavy atom. The highest BCUT2D eigenvalue weighted by Gasteiger charge is 2.19. The quantitative estimate of drug-likeness (QED) is 0.833. The topological polar surface area (TPSA) is 76.7 Å². The van der Waals surface area contributed by atoms with E-state index in [2.05, 4.69) is 10.6 Å². The highest BCUT2D eigenvalue weighted by atomic mass is 16.5. The van der Waals surface area contributed by atoms with Gasteiger partial charge in [-0.3, -0.25) is 9.59 Å². The number of anilines is 2. The summed E-state index contributed by atoms with van der Waals surface area (Å²) in [6.07, 6.45) is 2.25. The van der Waals surface area contributed by atoms with Crippen molar-refractivity contribution >= 4 is 23.2 Å². The van der Waals surface area contributed by atoms with Crippen LogP contribution in [0, 0.1) is 0 Å². The Balaban J connectivity index is 1.60. The summed E-state index contributed by atoms with van der Waals surface area (Å²) in [5.74, 6) is 0.369. The predicted octanol–water partition coefficient (Wildman–Crippen LogP) is 3.46. The summed E-state index contributed by atoms with van der Waals surface area (Å²) in [4.78, 5) is 24.5. The molecule has 1 atom stereocenters. The van der Waals surface area contributed by atoms with Gasteiger partial charge in [0, 0.05) is 23.5 Å². The lowest BCUT2D eigenvalue weighted by Crippen LogP contribution is -2.19. The minimum absolute atomic E-state index is 0.00319. The van der Waals surface area contributed by atoms with Crippen molar-refractivity contribution in [3.63, 3.8) is 0 Å². The first-order valence-electron chi connectivity index (χ1n) is 8.61. The molecule has 0 spiro atoms. The zero-order valence-corrected chi connectivity index (χ0v) is 14.7. The van der Waals surface area contributed by atoms with Crippen molar-refractivity contribution in [3.8, 4) is 5.75 Å². The predicted molar refractivity (Wildman–Crippen MR) is 99.6 cm³/mol. The van der Waals surface area contributed by atoms with Crippen molar-refractivity contribution in [1.82, 2.24) is 0 Å². The normalized spacial score (nSPS) is 16.1. The molecule has 136 valence electrons. The van der Waals surface area contributed by atoms with Gasteiger partial charge in [0.25, 0.3) is 5.91 Å². The van der Waals surface area contributed by atoms with E-state index >= 15 is 0 Å². The van der Waals surface area contributed by atoms with Crippen LogP contribution in [-0.4, -0.2) is 31.6 Å². The number of amides is 2. The van der Waals surface area contributed by atoms with Gasteiger partial charge in [0.15, 0.2) is 0 Å². The lowest BCUT2D eigenvalue weighted by molar-refractivity contribution is -0.118. The van der Waals surface area contributed by atoms with Crippen LogP contribution in [0.2, 0.25) is 0 Å². The van der Waals surface area contributed by atoms with Gasteiger partial charge in [0.05, 0.1) is 19.6 Å².